The monoisotopic (exact) mass is 422 g/mol. The lowest BCUT2D eigenvalue weighted by Gasteiger charge is -2.15. The van der Waals surface area contributed by atoms with Crippen LogP contribution in [-0.2, 0) is 0 Å². The van der Waals surface area contributed by atoms with Crippen LogP contribution in [0.15, 0.2) is 54.6 Å². The molecule has 0 spiro atoms. The van der Waals surface area contributed by atoms with E-state index in [4.69, 9.17) is 0 Å². The SMILES string of the molecule is C[C@H](CO)Nc1nc(Nc2cccc(F)c2)cc(-c2cccc(OC(F)(F)F)c2)n1. The standard InChI is InChI=1S/C20H18F4N4O2/c1-12(11-29)25-19-27-17(13-4-2-7-16(8-13)30-20(22,23)24)10-18(28-19)26-15-6-3-5-14(21)9-15/h2-10,12,29H,11H2,1H3,(H2,25,26,27,28)/t12-/m1/s1. The van der Waals surface area contributed by atoms with Crippen LogP contribution in [0.1, 0.15) is 6.92 Å². The van der Waals surface area contributed by atoms with Crippen molar-refractivity contribution in [3.05, 3.63) is 60.4 Å². The minimum atomic E-state index is -4.82. The molecular formula is C20H18F4N4O2. The largest absolute Gasteiger partial charge is 0.573 e. The highest BCUT2D eigenvalue weighted by atomic mass is 19.4. The molecule has 1 aromatic heterocycles. The Hall–Kier alpha value is -3.40. The number of hydrogen-bond acceptors (Lipinski definition) is 6. The molecule has 3 aromatic rings. The third kappa shape index (κ3) is 6.05. The summed E-state index contributed by atoms with van der Waals surface area (Å²) in [5.41, 5.74) is 1.07. The Balaban J connectivity index is 1.98. The second kappa shape index (κ2) is 8.95. The van der Waals surface area contributed by atoms with Gasteiger partial charge in [-0.25, -0.2) is 9.37 Å². The summed E-state index contributed by atoms with van der Waals surface area (Å²) in [7, 11) is 0. The third-order valence-corrected chi connectivity index (χ3v) is 3.84. The minimum Gasteiger partial charge on any atom is -0.406 e. The van der Waals surface area contributed by atoms with Crippen molar-refractivity contribution in [3.63, 3.8) is 0 Å². The van der Waals surface area contributed by atoms with Crippen molar-refractivity contribution in [1.29, 1.82) is 0 Å². The Labute approximate surface area is 169 Å². The van der Waals surface area contributed by atoms with Gasteiger partial charge < -0.3 is 20.5 Å². The first-order valence-electron chi connectivity index (χ1n) is 8.87. The summed E-state index contributed by atoms with van der Waals surface area (Å²) in [5.74, 6) is -0.425. The van der Waals surface area contributed by atoms with E-state index in [1.807, 2.05) is 0 Å². The fraction of sp³-hybridized carbons (Fsp3) is 0.200. The summed E-state index contributed by atoms with van der Waals surface area (Å²) in [5, 5.41) is 15.1. The predicted octanol–water partition coefficient (Wildman–Crippen LogP) is 4.72. The van der Waals surface area contributed by atoms with Crippen LogP contribution in [0.25, 0.3) is 11.3 Å². The fourth-order valence-corrected chi connectivity index (χ4v) is 2.56. The van der Waals surface area contributed by atoms with E-state index >= 15 is 0 Å². The number of nitrogens with zero attached hydrogens (tertiary/aromatic N) is 2. The van der Waals surface area contributed by atoms with Crippen molar-refractivity contribution >= 4 is 17.5 Å². The quantitative estimate of drug-likeness (QED) is 0.479. The zero-order valence-electron chi connectivity index (χ0n) is 15.7. The van der Waals surface area contributed by atoms with Crippen LogP contribution in [0.4, 0.5) is 35.0 Å². The summed E-state index contributed by atoms with van der Waals surface area (Å²) in [6, 6.07) is 12.2. The second-order valence-corrected chi connectivity index (χ2v) is 6.40. The van der Waals surface area contributed by atoms with E-state index in [0.717, 1.165) is 0 Å². The van der Waals surface area contributed by atoms with Crippen LogP contribution < -0.4 is 15.4 Å². The lowest BCUT2D eigenvalue weighted by Crippen LogP contribution is -2.21. The molecule has 0 radical (unpaired) electrons. The molecule has 0 unspecified atom stereocenters. The third-order valence-electron chi connectivity index (χ3n) is 3.84. The molecule has 158 valence electrons. The molecular weight excluding hydrogens is 404 g/mol. The molecule has 6 nitrogen and oxygen atoms in total. The number of halogens is 4. The maximum absolute atomic E-state index is 13.5. The predicted molar refractivity (Wildman–Crippen MR) is 104 cm³/mol. The number of aliphatic hydroxyl groups is 1. The van der Waals surface area contributed by atoms with Gasteiger partial charge in [-0.05, 0) is 37.3 Å². The van der Waals surface area contributed by atoms with Crippen LogP contribution >= 0.6 is 0 Å². The summed E-state index contributed by atoms with van der Waals surface area (Å²) >= 11 is 0. The molecule has 2 aromatic carbocycles. The van der Waals surface area contributed by atoms with Crippen molar-refractivity contribution in [2.45, 2.75) is 19.3 Å². The molecule has 10 heteroatoms. The average molecular weight is 422 g/mol. The highest BCUT2D eigenvalue weighted by Gasteiger charge is 2.31. The highest BCUT2D eigenvalue weighted by Crippen LogP contribution is 2.29. The zero-order valence-corrected chi connectivity index (χ0v) is 15.7. The van der Waals surface area contributed by atoms with Crippen molar-refractivity contribution in [2.24, 2.45) is 0 Å². The highest BCUT2D eigenvalue weighted by molar-refractivity contribution is 5.68. The van der Waals surface area contributed by atoms with Gasteiger partial charge in [-0.2, -0.15) is 4.98 Å². The van der Waals surface area contributed by atoms with Crippen LogP contribution in [0.5, 0.6) is 5.75 Å². The van der Waals surface area contributed by atoms with Gasteiger partial charge >= 0.3 is 6.36 Å². The van der Waals surface area contributed by atoms with E-state index in [2.05, 4.69) is 25.3 Å². The second-order valence-electron chi connectivity index (χ2n) is 6.40. The van der Waals surface area contributed by atoms with Gasteiger partial charge in [0.1, 0.15) is 17.4 Å². The Kier molecular flexibility index (Phi) is 6.36. The number of nitrogens with one attached hydrogen (secondary N) is 2. The van der Waals surface area contributed by atoms with E-state index < -0.39 is 17.9 Å². The maximum atomic E-state index is 13.5. The van der Waals surface area contributed by atoms with Gasteiger partial charge in [0.25, 0.3) is 0 Å². The van der Waals surface area contributed by atoms with Crippen molar-refractivity contribution in [2.75, 3.05) is 17.2 Å². The first kappa shape index (κ1) is 21.3. The van der Waals surface area contributed by atoms with Gasteiger partial charge in [0.05, 0.1) is 12.3 Å². The number of ether oxygens (including phenoxy) is 1. The average Bonchev–Trinajstić information content (AvgIpc) is 2.66. The van der Waals surface area contributed by atoms with Gasteiger partial charge in [0.15, 0.2) is 0 Å². The summed E-state index contributed by atoms with van der Waals surface area (Å²) in [4.78, 5) is 8.58. The Bertz CT molecular complexity index is 1010. The summed E-state index contributed by atoms with van der Waals surface area (Å²) in [6.45, 7) is 1.52. The first-order chi connectivity index (χ1) is 14.2. The van der Waals surface area contributed by atoms with E-state index in [0.29, 0.717) is 16.9 Å². The lowest BCUT2D eigenvalue weighted by molar-refractivity contribution is -0.274. The number of aliphatic hydroxyl groups excluding tert-OH is 1. The number of rotatable bonds is 7. The molecule has 0 bridgehead atoms. The van der Waals surface area contributed by atoms with E-state index in [1.165, 1.54) is 42.5 Å². The first-order valence-corrected chi connectivity index (χ1v) is 8.87. The van der Waals surface area contributed by atoms with E-state index in [-0.39, 0.29) is 24.4 Å². The van der Waals surface area contributed by atoms with Gasteiger partial charge in [-0.15, -0.1) is 13.2 Å². The number of benzene rings is 2. The van der Waals surface area contributed by atoms with Crippen molar-refractivity contribution in [3.8, 4) is 17.0 Å². The molecule has 0 aliphatic carbocycles. The molecule has 0 fully saturated rings. The molecule has 0 saturated heterocycles. The Morgan fingerprint density at radius 2 is 1.83 bits per heavy atom. The lowest BCUT2D eigenvalue weighted by atomic mass is 10.1. The van der Waals surface area contributed by atoms with Crippen molar-refractivity contribution < 1.29 is 27.4 Å². The maximum Gasteiger partial charge on any atom is 0.573 e. The van der Waals surface area contributed by atoms with E-state index in [9.17, 15) is 22.7 Å². The van der Waals surface area contributed by atoms with Crippen LogP contribution in [0.3, 0.4) is 0 Å². The Morgan fingerprint density at radius 3 is 2.53 bits per heavy atom. The molecule has 30 heavy (non-hydrogen) atoms. The van der Waals surface area contributed by atoms with Gasteiger partial charge in [-0.3, -0.25) is 0 Å². The van der Waals surface area contributed by atoms with Crippen LogP contribution in [0.2, 0.25) is 0 Å². The zero-order chi connectivity index (χ0) is 21.7. The number of alkyl halides is 3. The van der Waals surface area contributed by atoms with Gasteiger partial charge in [0, 0.05) is 23.4 Å². The molecule has 3 N–H and O–H groups in total. The summed E-state index contributed by atoms with van der Waals surface area (Å²) in [6.07, 6.45) is -4.82. The Morgan fingerprint density at radius 1 is 1.07 bits per heavy atom. The minimum absolute atomic E-state index is 0.134. The smallest absolute Gasteiger partial charge is 0.406 e. The topological polar surface area (TPSA) is 79.3 Å². The molecule has 1 heterocycles. The summed E-state index contributed by atoms with van der Waals surface area (Å²) < 4.78 is 55.1. The van der Waals surface area contributed by atoms with Gasteiger partial charge in [-0.1, -0.05) is 18.2 Å². The van der Waals surface area contributed by atoms with E-state index in [1.54, 1.807) is 19.1 Å². The van der Waals surface area contributed by atoms with Gasteiger partial charge in [0.2, 0.25) is 5.95 Å². The molecule has 0 amide bonds. The number of hydrogen-bond donors (Lipinski definition) is 3. The van der Waals surface area contributed by atoms with Crippen molar-refractivity contribution in [1.82, 2.24) is 9.97 Å². The van der Waals surface area contributed by atoms with Crippen LogP contribution in [-0.4, -0.2) is 34.1 Å². The molecule has 0 aliphatic heterocycles. The fourth-order valence-electron chi connectivity index (χ4n) is 2.56. The molecule has 3 rings (SSSR count). The number of anilines is 3. The molecule has 0 saturated carbocycles. The molecule has 1 atom stereocenters. The number of aromatic nitrogens is 2. The van der Waals surface area contributed by atoms with Crippen LogP contribution in [0, 0.1) is 5.82 Å². The normalized spacial score (nSPS) is 12.3. The molecule has 0 aliphatic rings.